The van der Waals surface area contributed by atoms with Crippen LogP contribution in [0.15, 0.2) is 36.4 Å². The van der Waals surface area contributed by atoms with E-state index in [0.717, 1.165) is 25.3 Å². The van der Waals surface area contributed by atoms with Crippen LogP contribution in [0.4, 0.5) is 13.2 Å². The standard InChI is InChI=1S/C24H30F3NO3.ClH/c25-24(26,27)21-14-18(10-11-23(28,15-29)16-30)7-9-22(21)31-12-2-3-17-6-8-19-4-1-5-20(19)13-17;/h6-9,13-14,29-30H,1-5,10-12,15-16,28H2;1H. The van der Waals surface area contributed by atoms with Gasteiger partial charge in [-0.15, -0.1) is 12.4 Å². The molecular weight excluding hydrogens is 443 g/mol. The molecule has 4 N–H and O–H groups in total. The van der Waals surface area contributed by atoms with Crippen molar-refractivity contribution < 1.29 is 28.1 Å². The summed E-state index contributed by atoms with van der Waals surface area (Å²) in [7, 11) is 0. The van der Waals surface area contributed by atoms with Gasteiger partial charge in [0.25, 0.3) is 0 Å². The molecule has 0 saturated carbocycles. The molecule has 178 valence electrons. The van der Waals surface area contributed by atoms with Crippen LogP contribution < -0.4 is 10.5 Å². The van der Waals surface area contributed by atoms with E-state index in [-0.39, 0.29) is 37.6 Å². The van der Waals surface area contributed by atoms with Gasteiger partial charge in [0.1, 0.15) is 5.75 Å². The maximum Gasteiger partial charge on any atom is 0.419 e. The number of aliphatic hydroxyl groups is 2. The predicted molar refractivity (Wildman–Crippen MR) is 120 cm³/mol. The molecule has 0 aliphatic heterocycles. The van der Waals surface area contributed by atoms with Crippen LogP contribution in [0.25, 0.3) is 0 Å². The van der Waals surface area contributed by atoms with Crippen molar-refractivity contribution in [3.8, 4) is 5.75 Å². The Hall–Kier alpha value is -1.80. The minimum absolute atomic E-state index is 0. The number of benzene rings is 2. The number of alkyl halides is 3. The fraction of sp³-hybridized carbons (Fsp3) is 0.500. The quantitative estimate of drug-likeness (QED) is 0.451. The summed E-state index contributed by atoms with van der Waals surface area (Å²) in [5, 5.41) is 18.5. The lowest BCUT2D eigenvalue weighted by Crippen LogP contribution is -2.47. The Morgan fingerprint density at radius 2 is 1.56 bits per heavy atom. The van der Waals surface area contributed by atoms with Gasteiger partial charge in [-0.25, -0.2) is 0 Å². The first-order valence-electron chi connectivity index (χ1n) is 10.7. The highest BCUT2D eigenvalue weighted by Crippen LogP contribution is 2.37. The number of fused-ring (bicyclic) bond motifs is 1. The summed E-state index contributed by atoms with van der Waals surface area (Å²) in [6.07, 6.45) is 0.624. The number of aryl methyl sites for hydroxylation is 4. The van der Waals surface area contributed by atoms with Crippen molar-refractivity contribution in [2.45, 2.75) is 56.7 Å². The molecule has 32 heavy (non-hydrogen) atoms. The summed E-state index contributed by atoms with van der Waals surface area (Å²) in [5.74, 6) is -0.187. The average Bonchev–Trinajstić information content (AvgIpc) is 3.22. The van der Waals surface area contributed by atoms with E-state index >= 15 is 0 Å². The van der Waals surface area contributed by atoms with Gasteiger partial charge in [0, 0.05) is 0 Å². The lowest BCUT2D eigenvalue weighted by molar-refractivity contribution is -0.139. The van der Waals surface area contributed by atoms with E-state index in [1.807, 2.05) is 0 Å². The van der Waals surface area contributed by atoms with Crippen LogP contribution in [0, 0.1) is 0 Å². The van der Waals surface area contributed by atoms with Gasteiger partial charge >= 0.3 is 6.18 Å². The summed E-state index contributed by atoms with van der Waals surface area (Å²) in [4.78, 5) is 0. The van der Waals surface area contributed by atoms with Crippen molar-refractivity contribution in [2.24, 2.45) is 5.73 Å². The molecular formula is C24H31ClF3NO3. The lowest BCUT2D eigenvalue weighted by atomic mass is 9.93. The molecule has 3 rings (SSSR count). The molecule has 0 bridgehead atoms. The van der Waals surface area contributed by atoms with Gasteiger partial charge in [0.2, 0.25) is 0 Å². The van der Waals surface area contributed by atoms with E-state index in [1.165, 1.54) is 29.2 Å². The molecule has 8 heteroatoms. The van der Waals surface area contributed by atoms with Crippen molar-refractivity contribution in [2.75, 3.05) is 19.8 Å². The molecule has 0 heterocycles. The Labute approximate surface area is 193 Å². The summed E-state index contributed by atoms with van der Waals surface area (Å²) in [6.45, 7) is -0.692. The number of hydrogen-bond donors (Lipinski definition) is 3. The van der Waals surface area contributed by atoms with Gasteiger partial charge in [-0.2, -0.15) is 13.2 Å². The minimum Gasteiger partial charge on any atom is -0.493 e. The summed E-state index contributed by atoms with van der Waals surface area (Å²) < 4.78 is 46.2. The van der Waals surface area contributed by atoms with E-state index in [4.69, 9.17) is 10.5 Å². The molecule has 0 atom stereocenters. The highest BCUT2D eigenvalue weighted by Gasteiger charge is 2.35. The monoisotopic (exact) mass is 473 g/mol. The molecule has 0 amide bonds. The van der Waals surface area contributed by atoms with Crippen LogP contribution in [0.1, 0.15) is 47.1 Å². The van der Waals surface area contributed by atoms with Crippen LogP contribution in [-0.4, -0.2) is 35.6 Å². The second-order valence-electron chi connectivity index (χ2n) is 8.42. The van der Waals surface area contributed by atoms with Crippen LogP contribution in [0.3, 0.4) is 0 Å². The fourth-order valence-corrected chi connectivity index (χ4v) is 3.92. The van der Waals surface area contributed by atoms with Gasteiger partial charge in [-0.05, 0) is 79.3 Å². The van der Waals surface area contributed by atoms with Gasteiger partial charge in [-0.3, -0.25) is 0 Å². The Kier molecular flexibility index (Phi) is 9.40. The van der Waals surface area contributed by atoms with Crippen molar-refractivity contribution in [3.63, 3.8) is 0 Å². The molecule has 0 fully saturated rings. The van der Waals surface area contributed by atoms with Crippen molar-refractivity contribution in [1.82, 2.24) is 0 Å². The molecule has 0 saturated heterocycles. The highest BCUT2D eigenvalue weighted by molar-refractivity contribution is 5.85. The SMILES string of the molecule is Cl.NC(CO)(CO)CCc1ccc(OCCCc2ccc3c(c2)CCC3)c(C(F)(F)F)c1. The number of aliphatic hydroxyl groups excluding tert-OH is 2. The first-order chi connectivity index (χ1) is 14.7. The molecule has 4 nitrogen and oxygen atoms in total. The van der Waals surface area contributed by atoms with E-state index in [2.05, 4.69) is 18.2 Å². The zero-order valence-electron chi connectivity index (χ0n) is 18.0. The van der Waals surface area contributed by atoms with Crippen LogP contribution in [-0.2, 0) is 31.9 Å². The van der Waals surface area contributed by atoms with Crippen LogP contribution in [0.2, 0.25) is 0 Å². The maximum atomic E-state index is 13.6. The van der Waals surface area contributed by atoms with Crippen LogP contribution in [0.5, 0.6) is 5.75 Å². The molecule has 0 spiro atoms. The molecule has 1 aliphatic carbocycles. The van der Waals surface area contributed by atoms with Crippen LogP contribution >= 0.6 is 12.4 Å². The van der Waals surface area contributed by atoms with Gasteiger partial charge < -0.3 is 20.7 Å². The summed E-state index contributed by atoms with van der Waals surface area (Å²) >= 11 is 0. The molecule has 0 aromatic heterocycles. The zero-order valence-corrected chi connectivity index (χ0v) is 18.8. The predicted octanol–water partition coefficient (Wildman–Crippen LogP) is 4.24. The topological polar surface area (TPSA) is 75.7 Å². The normalized spacial score (nSPS) is 13.6. The van der Waals surface area contributed by atoms with E-state index in [9.17, 15) is 23.4 Å². The summed E-state index contributed by atoms with van der Waals surface area (Å²) in [6, 6.07) is 10.4. The Morgan fingerprint density at radius 1 is 0.906 bits per heavy atom. The van der Waals surface area contributed by atoms with E-state index < -0.39 is 30.5 Å². The second kappa shape index (κ2) is 11.4. The third-order valence-corrected chi connectivity index (χ3v) is 5.92. The molecule has 0 unspecified atom stereocenters. The molecule has 1 aliphatic rings. The minimum atomic E-state index is -4.54. The number of ether oxygens (including phenoxy) is 1. The molecule has 2 aromatic carbocycles. The third kappa shape index (κ3) is 6.85. The van der Waals surface area contributed by atoms with E-state index in [0.29, 0.717) is 12.0 Å². The Balaban J connectivity index is 0.00000363. The van der Waals surface area contributed by atoms with Gasteiger partial charge in [-0.1, -0.05) is 24.3 Å². The molecule has 0 radical (unpaired) electrons. The zero-order chi connectivity index (χ0) is 22.5. The maximum absolute atomic E-state index is 13.6. The number of nitrogens with two attached hydrogens (primary N) is 1. The highest BCUT2D eigenvalue weighted by atomic mass is 35.5. The number of halogens is 4. The van der Waals surface area contributed by atoms with E-state index in [1.54, 1.807) is 6.07 Å². The van der Waals surface area contributed by atoms with Gasteiger partial charge in [0.15, 0.2) is 0 Å². The smallest absolute Gasteiger partial charge is 0.419 e. The van der Waals surface area contributed by atoms with Crippen molar-refractivity contribution >= 4 is 12.4 Å². The number of rotatable bonds is 10. The largest absolute Gasteiger partial charge is 0.493 e. The Morgan fingerprint density at radius 3 is 2.25 bits per heavy atom. The van der Waals surface area contributed by atoms with Crippen molar-refractivity contribution in [1.29, 1.82) is 0 Å². The summed E-state index contributed by atoms with van der Waals surface area (Å²) in [5.41, 5.74) is 8.17. The second-order valence-corrected chi connectivity index (χ2v) is 8.42. The first kappa shape index (κ1) is 26.5. The Bertz CT molecular complexity index is 885. The average molecular weight is 474 g/mol. The van der Waals surface area contributed by atoms with Crippen molar-refractivity contribution in [3.05, 3.63) is 64.2 Å². The lowest BCUT2D eigenvalue weighted by Gasteiger charge is -2.24. The number of hydrogen-bond acceptors (Lipinski definition) is 4. The fourth-order valence-electron chi connectivity index (χ4n) is 3.92. The first-order valence-corrected chi connectivity index (χ1v) is 10.7. The van der Waals surface area contributed by atoms with Gasteiger partial charge in [0.05, 0.1) is 30.9 Å². The third-order valence-electron chi connectivity index (χ3n) is 5.92. The molecule has 2 aromatic rings.